The number of aromatic nitrogens is 1. The third kappa shape index (κ3) is 4.82. The van der Waals surface area contributed by atoms with E-state index in [1.54, 1.807) is 18.9 Å². The number of amides is 2. The lowest BCUT2D eigenvalue weighted by molar-refractivity contribution is -0.119. The Labute approximate surface area is 183 Å². The van der Waals surface area contributed by atoms with Crippen LogP contribution in [0, 0.1) is 6.92 Å². The number of aliphatic hydroxyl groups is 1. The maximum Gasteiger partial charge on any atom is 0.259 e. The fourth-order valence-corrected chi connectivity index (χ4v) is 4.72. The Bertz CT molecular complexity index is 911. The van der Waals surface area contributed by atoms with Crippen LogP contribution in [0.25, 0.3) is 0 Å². The molecule has 2 aromatic rings. The van der Waals surface area contributed by atoms with Crippen LogP contribution in [0.2, 0.25) is 0 Å². The highest BCUT2D eigenvalue weighted by molar-refractivity contribution is 5.96. The molecule has 1 aromatic carbocycles. The van der Waals surface area contributed by atoms with E-state index in [1.807, 2.05) is 25.1 Å². The highest BCUT2D eigenvalue weighted by Gasteiger charge is 2.40. The van der Waals surface area contributed by atoms with Crippen molar-refractivity contribution in [2.45, 2.75) is 70.4 Å². The van der Waals surface area contributed by atoms with Gasteiger partial charge in [-0.3, -0.25) is 9.59 Å². The zero-order valence-corrected chi connectivity index (χ0v) is 18.9. The molecule has 3 atom stereocenters. The van der Waals surface area contributed by atoms with Gasteiger partial charge in [0, 0.05) is 25.9 Å². The second kappa shape index (κ2) is 9.64. The van der Waals surface area contributed by atoms with Crippen molar-refractivity contribution >= 4 is 11.8 Å². The number of nitrogens with zero attached hydrogens (tertiary/aromatic N) is 2. The molecule has 31 heavy (non-hydrogen) atoms. The summed E-state index contributed by atoms with van der Waals surface area (Å²) in [5.74, 6) is 0.258. The molecule has 0 spiro atoms. The van der Waals surface area contributed by atoms with Crippen molar-refractivity contribution in [2.24, 2.45) is 0 Å². The smallest absolute Gasteiger partial charge is 0.259 e. The second-order valence-corrected chi connectivity index (χ2v) is 8.60. The molecule has 168 valence electrons. The molecule has 3 rings (SSSR count). The largest absolute Gasteiger partial charge is 0.391 e. The Morgan fingerprint density at radius 3 is 2.58 bits per heavy atom. The summed E-state index contributed by atoms with van der Waals surface area (Å²) >= 11 is 0. The van der Waals surface area contributed by atoms with Gasteiger partial charge in [0.05, 0.1) is 17.8 Å². The minimum absolute atomic E-state index is 0.0704. The Morgan fingerprint density at radius 2 is 1.94 bits per heavy atom. The number of likely N-dealkylation sites (N-methyl/N-ethyl adjacent to an activating group) is 1. The Kier molecular flexibility index (Phi) is 7.15. The van der Waals surface area contributed by atoms with Gasteiger partial charge in [-0.05, 0) is 44.6 Å². The van der Waals surface area contributed by atoms with Gasteiger partial charge in [-0.25, -0.2) is 0 Å². The van der Waals surface area contributed by atoms with Gasteiger partial charge in [-0.1, -0.05) is 42.4 Å². The van der Waals surface area contributed by atoms with Crippen molar-refractivity contribution in [3.8, 4) is 0 Å². The van der Waals surface area contributed by atoms with E-state index in [2.05, 4.69) is 22.6 Å². The molecule has 7 heteroatoms. The molecule has 7 nitrogen and oxygen atoms in total. The summed E-state index contributed by atoms with van der Waals surface area (Å²) in [7, 11) is 1.74. The molecular weight excluding hydrogens is 394 g/mol. The second-order valence-electron chi connectivity index (χ2n) is 8.60. The quantitative estimate of drug-likeness (QED) is 0.691. The van der Waals surface area contributed by atoms with E-state index in [1.165, 1.54) is 6.92 Å². The molecule has 0 unspecified atom stereocenters. The lowest BCUT2D eigenvalue weighted by Gasteiger charge is -2.34. The number of aryl methyl sites for hydroxylation is 2. The lowest BCUT2D eigenvalue weighted by atomic mass is 9.74. The Morgan fingerprint density at radius 1 is 1.26 bits per heavy atom. The van der Waals surface area contributed by atoms with Crippen LogP contribution in [0.5, 0.6) is 0 Å². The number of hydrogen-bond acceptors (Lipinski definition) is 5. The highest BCUT2D eigenvalue weighted by Crippen LogP contribution is 2.39. The molecule has 0 radical (unpaired) electrons. The number of hydrogen-bond donors (Lipinski definition) is 2. The van der Waals surface area contributed by atoms with Gasteiger partial charge in [0.15, 0.2) is 0 Å². The highest BCUT2D eigenvalue weighted by atomic mass is 16.5. The monoisotopic (exact) mass is 427 g/mol. The first-order valence-corrected chi connectivity index (χ1v) is 11.0. The number of carbonyl (C=O) groups is 2. The minimum atomic E-state index is -0.651. The van der Waals surface area contributed by atoms with Crippen molar-refractivity contribution in [1.82, 2.24) is 15.4 Å². The minimum Gasteiger partial charge on any atom is -0.391 e. The van der Waals surface area contributed by atoms with E-state index in [-0.39, 0.29) is 23.3 Å². The lowest BCUT2D eigenvalue weighted by Crippen LogP contribution is -2.44. The van der Waals surface area contributed by atoms with Crippen molar-refractivity contribution < 1.29 is 19.2 Å². The predicted molar refractivity (Wildman–Crippen MR) is 118 cm³/mol. The Hall–Kier alpha value is -2.67. The summed E-state index contributed by atoms with van der Waals surface area (Å²) in [6.07, 6.45) is 2.60. The van der Waals surface area contributed by atoms with Gasteiger partial charge in [0.2, 0.25) is 5.91 Å². The van der Waals surface area contributed by atoms with Gasteiger partial charge in [-0.15, -0.1) is 0 Å². The van der Waals surface area contributed by atoms with Crippen LogP contribution >= 0.6 is 0 Å². The first kappa shape index (κ1) is 23.0. The van der Waals surface area contributed by atoms with Crippen LogP contribution < -0.4 is 5.32 Å². The van der Waals surface area contributed by atoms with Crippen LogP contribution in [-0.2, 0) is 16.6 Å². The van der Waals surface area contributed by atoms with Gasteiger partial charge in [0.25, 0.3) is 5.91 Å². The molecular formula is C24H33N3O4. The third-order valence-electron chi connectivity index (χ3n) is 6.64. The topological polar surface area (TPSA) is 95.7 Å². The maximum atomic E-state index is 13.3. The third-order valence-corrected chi connectivity index (χ3v) is 6.64. The molecule has 1 aliphatic rings. The number of rotatable bonds is 6. The molecule has 0 bridgehead atoms. The van der Waals surface area contributed by atoms with Crippen LogP contribution in [0.1, 0.15) is 66.9 Å². The molecule has 0 aliphatic heterocycles. The van der Waals surface area contributed by atoms with E-state index in [0.29, 0.717) is 42.8 Å². The molecule has 1 aliphatic carbocycles. The maximum absolute atomic E-state index is 13.3. The SMILES string of the molecule is CCc1noc(C)c1C(=O)N(C)[C@@H]1CC[C@@](CNC(C)=O)(c2ccccc2)CC[C@H]1O. The van der Waals surface area contributed by atoms with Crippen LogP contribution in [0.15, 0.2) is 34.9 Å². The summed E-state index contributed by atoms with van der Waals surface area (Å²) < 4.78 is 5.24. The van der Waals surface area contributed by atoms with E-state index >= 15 is 0 Å². The van der Waals surface area contributed by atoms with E-state index < -0.39 is 6.10 Å². The summed E-state index contributed by atoms with van der Waals surface area (Å²) in [5, 5.41) is 18.0. The van der Waals surface area contributed by atoms with E-state index in [0.717, 1.165) is 18.4 Å². The van der Waals surface area contributed by atoms with Crippen molar-refractivity contribution in [2.75, 3.05) is 13.6 Å². The van der Waals surface area contributed by atoms with Crippen molar-refractivity contribution in [3.05, 3.63) is 52.9 Å². The normalized spacial score (nSPS) is 23.8. The molecule has 1 fully saturated rings. The fraction of sp³-hybridized carbons (Fsp3) is 0.542. The summed E-state index contributed by atoms with van der Waals surface area (Å²) in [5.41, 5.74) is 2.00. The van der Waals surface area contributed by atoms with Crippen LogP contribution in [-0.4, -0.2) is 52.7 Å². The summed E-state index contributed by atoms with van der Waals surface area (Å²) in [4.78, 5) is 26.6. The average Bonchev–Trinajstić information content (AvgIpc) is 3.06. The number of carbonyl (C=O) groups excluding carboxylic acids is 2. The standard InChI is InChI=1S/C24H33N3O4/c1-5-19-22(16(2)31-26-19)23(30)27(4)20-11-13-24(14-12-21(20)29,15-25-17(3)28)18-9-7-6-8-10-18/h6-10,20-21,29H,5,11-15H2,1-4H3,(H,25,28)/t20-,21-,24-/m1/s1. The molecule has 1 saturated carbocycles. The number of nitrogens with one attached hydrogen (secondary N) is 1. The zero-order valence-electron chi connectivity index (χ0n) is 18.9. The van der Waals surface area contributed by atoms with Crippen molar-refractivity contribution in [1.29, 1.82) is 0 Å². The summed E-state index contributed by atoms with van der Waals surface area (Å²) in [6, 6.07) is 9.81. The average molecular weight is 428 g/mol. The van der Waals surface area contributed by atoms with Gasteiger partial charge in [-0.2, -0.15) is 0 Å². The van der Waals surface area contributed by atoms with E-state index in [4.69, 9.17) is 4.52 Å². The number of aliphatic hydroxyl groups excluding tert-OH is 1. The van der Waals surface area contributed by atoms with Gasteiger partial charge >= 0.3 is 0 Å². The van der Waals surface area contributed by atoms with Crippen molar-refractivity contribution in [3.63, 3.8) is 0 Å². The predicted octanol–water partition coefficient (Wildman–Crippen LogP) is 3.00. The van der Waals surface area contributed by atoms with Gasteiger partial charge in [0.1, 0.15) is 11.3 Å². The molecule has 1 heterocycles. The first-order valence-electron chi connectivity index (χ1n) is 11.0. The first-order chi connectivity index (χ1) is 14.8. The van der Waals surface area contributed by atoms with Crippen LogP contribution in [0.4, 0.5) is 0 Å². The van der Waals surface area contributed by atoms with E-state index in [9.17, 15) is 14.7 Å². The van der Waals surface area contributed by atoms with Crippen LogP contribution in [0.3, 0.4) is 0 Å². The Balaban J connectivity index is 1.86. The summed E-state index contributed by atoms with van der Waals surface area (Å²) in [6.45, 7) is 5.70. The number of benzene rings is 1. The molecule has 1 aromatic heterocycles. The fourth-order valence-electron chi connectivity index (χ4n) is 4.72. The molecule has 2 N–H and O–H groups in total. The zero-order chi connectivity index (χ0) is 22.6. The molecule has 0 saturated heterocycles. The molecule has 2 amide bonds. The van der Waals surface area contributed by atoms with Gasteiger partial charge < -0.3 is 19.8 Å².